The first kappa shape index (κ1) is 13.3. The zero-order valence-electron chi connectivity index (χ0n) is 10.9. The molecule has 1 heterocycles. The molecule has 1 N–H and O–H groups in total. The number of halogens is 1. The Morgan fingerprint density at radius 3 is 2.94 bits per heavy atom. The maximum absolute atomic E-state index is 14.0. The Balaban J connectivity index is 2.31. The van der Waals surface area contributed by atoms with Gasteiger partial charge in [-0.15, -0.1) is 0 Å². The molecule has 18 heavy (non-hydrogen) atoms. The minimum Gasteiger partial charge on any atom is -0.389 e. The van der Waals surface area contributed by atoms with Crippen LogP contribution in [0.3, 0.4) is 0 Å². The summed E-state index contributed by atoms with van der Waals surface area (Å²) in [7, 11) is 1.69. The Bertz CT molecular complexity index is 409. The van der Waals surface area contributed by atoms with Crippen molar-refractivity contribution in [2.45, 2.75) is 32.0 Å². The summed E-state index contributed by atoms with van der Waals surface area (Å²) in [4.78, 5) is 1.98. The average molecular weight is 253 g/mol. The number of anilines is 1. The standard InChI is InChI=1S/C14H20FNO2/c1-10(17)12-6-3-7-13(15)14(12)16-8-4-5-11(9-16)18-2/h3,6-7,10-11,17H,4-5,8-9H2,1-2H3/t10-,11?/m0/s1. The number of para-hydroxylation sites is 1. The van der Waals surface area contributed by atoms with Crippen LogP contribution < -0.4 is 4.90 Å². The third-order valence-electron chi connectivity index (χ3n) is 3.50. The van der Waals surface area contributed by atoms with Gasteiger partial charge in [0, 0.05) is 25.8 Å². The van der Waals surface area contributed by atoms with Crippen molar-refractivity contribution in [2.24, 2.45) is 0 Å². The number of hydrogen-bond acceptors (Lipinski definition) is 3. The number of ether oxygens (including phenoxy) is 1. The van der Waals surface area contributed by atoms with Gasteiger partial charge in [0.25, 0.3) is 0 Å². The summed E-state index contributed by atoms with van der Waals surface area (Å²) < 4.78 is 19.4. The molecule has 100 valence electrons. The highest BCUT2D eigenvalue weighted by molar-refractivity contribution is 5.56. The van der Waals surface area contributed by atoms with Crippen molar-refractivity contribution in [3.63, 3.8) is 0 Å². The number of aliphatic hydroxyl groups is 1. The Hall–Kier alpha value is -1.13. The molecule has 0 aromatic heterocycles. The lowest BCUT2D eigenvalue weighted by Crippen LogP contribution is -2.40. The molecule has 0 radical (unpaired) electrons. The molecule has 1 aliphatic rings. The van der Waals surface area contributed by atoms with Crippen molar-refractivity contribution in [1.29, 1.82) is 0 Å². The SMILES string of the molecule is COC1CCCN(c2c(F)cccc2[C@H](C)O)C1. The lowest BCUT2D eigenvalue weighted by atomic mass is 10.0. The van der Waals surface area contributed by atoms with E-state index in [-0.39, 0.29) is 11.9 Å². The minimum atomic E-state index is -0.668. The highest BCUT2D eigenvalue weighted by atomic mass is 19.1. The second-order valence-corrected chi connectivity index (χ2v) is 4.80. The molecule has 2 rings (SSSR count). The van der Waals surface area contributed by atoms with Crippen LogP contribution in [0.2, 0.25) is 0 Å². The van der Waals surface area contributed by atoms with E-state index in [2.05, 4.69) is 0 Å². The van der Waals surface area contributed by atoms with Crippen LogP contribution in [0.1, 0.15) is 31.4 Å². The molecular weight excluding hydrogens is 233 g/mol. The fraction of sp³-hybridized carbons (Fsp3) is 0.571. The molecule has 1 fully saturated rings. The van der Waals surface area contributed by atoms with E-state index in [9.17, 15) is 9.50 Å². The van der Waals surface area contributed by atoms with Gasteiger partial charge in [0.05, 0.1) is 17.9 Å². The molecule has 2 atom stereocenters. The van der Waals surface area contributed by atoms with E-state index < -0.39 is 6.10 Å². The molecule has 0 spiro atoms. The minimum absolute atomic E-state index is 0.139. The van der Waals surface area contributed by atoms with Crippen LogP contribution in [0, 0.1) is 5.82 Å². The number of nitrogens with zero attached hydrogens (tertiary/aromatic N) is 1. The predicted molar refractivity (Wildman–Crippen MR) is 69.3 cm³/mol. The molecule has 0 saturated carbocycles. The van der Waals surface area contributed by atoms with Gasteiger partial charge in [-0.2, -0.15) is 0 Å². The Labute approximate surface area is 107 Å². The lowest BCUT2D eigenvalue weighted by molar-refractivity contribution is 0.0889. The van der Waals surface area contributed by atoms with E-state index in [0.29, 0.717) is 17.8 Å². The Morgan fingerprint density at radius 2 is 2.28 bits per heavy atom. The maximum Gasteiger partial charge on any atom is 0.146 e. The molecule has 4 heteroatoms. The normalized spacial score (nSPS) is 22.0. The van der Waals surface area contributed by atoms with E-state index in [4.69, 9.17) is 4.74 Å². The zero-order valence-corrected chi connectivity index (χ0v) is 10.9. The third-order valence-corrected chi connectivity index (χ3v) is 3.50. The number of hydrogen-bond donors (Lipinski definition) is 1. The first-order valence-corrected chi connectivity index (χ1v) is 6.37. The van der Waals surface area contributed by atoms with Crippen LogP contribution in [0.25, 0.3) is 0 Å². The topological polar surface area (TPSA) is 32.7 Å². The zero-order chi connectivity index (χ0) is 13.1. The Morgan fingerprint density at radius 1 is 1.50 bits per heavy atom. The highest BCUT2D eigenvalue weighted by Gasteiger charge is 2.24. The fourth-order valence-corrected chi connectivity index (χ4v) is 2.54. The van der Waals surface area contributed by atoms with Crippen molar-refractivity contribution < 1.29 is 14.2 Å². The van der Waals surface area contributed by atoms with Crippen molar-refractivity contribution >= 4 is 5.69 Å². The summed E-state index contributed by atoms with van der Waals surface area (Å²) >= 11 is 0. The van der Waals surface area contributed by atoms with Crippen molar-refractivity contribution in [1.82, 2.24) is 0 Å². The van der Waals surface area contributed by atoms with Gasteiger partial charge in [0.15, 0.2) is 0 Å². The number of methoxy groups -OCH3 is 1. The third kappa shape index (κ3) is 2.65. The number of aliphatic hydroxyl groups excluding tert-OH is 1. The van der Waals surface area contributed by atoms with Gasteiger partial charge in [-0.05, 0) is 25.8 Å². The molecule has 1 aromatic rings. The second kappa shape index (κ2) is 5.67. The summed E-state index contributed by atoms with van der Waals surface area (Å²) in [6.07, 6.45) is 1.45. The second-order valence-electron chi connectivity index (χ2n) is 4.80. The average Bonchev–Trinajstić information content (AvgIpc) is 2.38. The molecule has 3 nitrogen and oxygen atoms in total. The van der Waals surface area contributed by atoms with Crippen LogP contribution in [0.4, 0.5) is 10.1 Å². The summed E-state index contributed by atoms with van der Waals surface area (Å²) in [5, 5.41) is 9.76. The van der Waals surface area contributed by atoms with Gasteiger partial charge in [0.1, 0.15) is 5.82 Å². The number of rotatable bonds is 3. The quantitative estimate of drug-likeness (QED) is 0.898. The van der Waals surface area contributed by atoms with Crippen LogP contribution in [0.15, 0.2) is 18.2 Å². The molecule has 0 bridgehead atoms. The lowest BCUT2D eigenvalue weighted by Gasteiger charge is -2.35. The van der Waals surface area contributed by atoms with Gasteiger partial charge in [0.2, 0.25) is 0 Å². The van der Waals surface area contributed by atoms with Crippen molar-refractivity contribution in [3.8, 4) is 0 Å². The van der Waals surface area contributed by atoms with Crippen molar-refractivity contribution in [2.75, 3.05) is 25.1 Å². The largest absolute Gasteiger partial charge is 0.389 e. The number of benzene rings is 1. The van der Waals surface area contributed by atoms with E-state index in [1.807, 2.05) is 4.90 Å². The van der Waals surface area contributed by atoms with E-state index in [1.165, 1.54) is 6.07 Å². The smallest absolute Gasteiger partial charge is 0.146 e. The van der Waals surface area contributed by atoms with Gasteiger partial charge >= 0.3 is 0 Å². The maximum atomic E-state index is 14.0. The predicted octanol–water partition coefficient (Wildman–Crippen LogP) is 2.49. The molecule has 1 saturated heterocycles. The molecule has 0 aliphatic carbocycles. The molecular formula is C14H20FNO2. The first-order chi connectivity index (χ1) is 8.63. The van der Waals surface area contributed by atoms with Crippen LogP contribution >= 0.6 is 0 Å². The van der Waals surface area contributed by atoms with Crippen LogP contribution in [-0.4, -0.2) is 31.4 Å². The van der Waals surface area contributed by atoms with E-state index in [1.54, 1.807) is 26.2 Å². The summed E-state index contributed by atoms with van der Waals surface area (Å²) in [6, 6.07) is 4.86. The van der Waals surface area contributed by atoms with Crippen LogP contribution in [-0.2, 0) is 4.74 Å². The monoisotopic (exact) mass is 253 g/mol. The van der Waals surface area contributed by atoms with E-state index in [0.717, 1.165) is 19.4 Å². The molecule has 1 aliphatic heterocycles. The molecule has 0 amide bonds. The highest BCUT2D eigenvalue weighted by Crippen LogP contribution is 2.31. The molecule has 1 aromatic carbocycles. The fourth-order valence-electron chi connectivity index (χ4n) is 2.54. The van der Waals surface area contributed by atoms with Gasteiger partial charge in [-0.3, -0.25) is 0 Å². The van der Waals surface area contributed by atoms with Gasteiger partial charge in [-0.25, -0.2) is 4.39 Å². The van der Waals surface area contributed by atoms with E-state index >= 15 is 0 Å². The first-order valence-electron chi connectivity index (χ1n) is 6.37. The summed E-state index contributed by atoms with van der Waals surface area (Å²) in [5.74, 6) is -0.273. The van der Waals surface area contributed by atoms with Crippen molar-refractivity contribution in [3.05, 3.63) is 29.6 Å². The van der Waals surface area contributed by atoms with Crippen LogP contribution in [0.5, 0.6) is 0 Å². The molecule has 1 unspecified atom stereocenters. The van der Waals surface area contributed by atoms with Gasteiger partial charge in [-0.1, -0.05) is 12.1 Å². The van der Waals surface area contributed by atoms with Gasteiger partial charge < -0.3 is 14.7 Å². The Kier molecular flexibility index (Phi) is 4.19. The summed E-state index contributed by atoms with van der Waals surface area (Å²) in [5.41, 5.74) is 1.17. The number of piperidine rings is 1. The summed E-state index contributed by atoms with van der Waals surface area (Å²) in [6.45, 7) is 3.15.